The van der Waals surface area contributed by atoms with Crippen molar-refractivity contribution in [3.8, 4) is 6.07 Å². The molecule has 0 aromatic heterocycles. The van der Waals surface area contributed by atoms with Crippen LogP contribution in [0.3, 0.4) is 0 Å². The normalized spacial score (nSPS) is 10.1. The summed E-state index contributed by atoms with van der Waals surface area (Å²) < 4.78 is 5.59. The van der Waals surface area contributed by atoms with E-state index in [1.165, 1.54) is 0 Å². The molecule has 0 spiro atoms. The molecule has 0 amide bonds. The van der Waals surface area contributed by atoms with Crippen molar-refractivity contribution in [3.63, 3.8) is 0 Å². The molecule has 0 radical (unpaired) electrons. The molecule has 2 rings (SSSR count). The molecular formula is C15H13ClN2O. The molecule has 0 atom stereocenters. The maximum atomic E-state index is 8.75. The molecular weight excluding hydrogens is 260 g/mol. The largest absolute Gasteiger partial charge is 0.399 e. The quantitative estimate of drug-likeness (QED) is 0.867. The highest BCUT2D eigenvalue weighted by Gasteiger charge is 2.02. The molecule has 3 nitrogen and oxygen atoms in total. The Kier molecular flexibility index (Phi) is 4.40. The number of nitrogen functional groups attached to an aromatic ring is 1. The summed E-state index contributed by atoms with van der Waals surface area (Å²) in [5, 5.41) is 9.30. The third-order valence-electron chi connectivity index (χ3n) is 2.69. The van der Waals surface area contributed by atoms with Crippen molar-refractivity contribution in [2.75, 3.05) is 5.73 Å². The zero-order valence-electron chi connectivity index (χ0n) is 10.3. The molecule has 0 heterocycles. The van der Waals surface area contributed by atoms with E-state index < -0.39 is 0 Å². The zero-order valence-corrected chi connectivity index (χ0v) is 11.0. The number of hydrogen-bond donors (Lipinski definition) is 1. The summed E-state index contributed by atoms with van der Waals surface area (Å²) in [5.41, 5.74) is 8.82. The summed E-state index contributed by atoms with van der Waals surface area (Å²) in [7, 11) is 0. The van der Waals surface area contributed by atoms with Crippen LogP contribution >= 0.6 is 11.6 Å². The van der Waals surface area contributed by atoms with Crippen LogP contribution in [0.2, 0.25) is 5.02 Å². The molecule has 2 aromatic carbocycles. The lowest BCUT2D eigenvalue weighted by Crippen LogP contribution is -1.96. The summed E-state index contributed by atoms with van der Waals surface area (Å²) >= 11 is 6.06. The number of rotatable bonds is 4. The Labute approximate surface area is 117 Å². The van der Waals surface area contributed by atoms with E-state index >= 15 is 0 Å². The Hall–Kier alpha value is -2.02. The van der Waals surface area contributed by atoms with Gasteiger partial charge in [-0.15, -0.1) is 0 Å². The molecule has 19 heavy (non-hydrogen) atoms. The first kappa shape index (κ1) is 13.4. The van der Waals surface area contributed by atoms with Crippen LogP contribution in [0.4, 0.5) is 5.69 Å². The lowest BCUT2D eigenvalue weighted by atomic mass is 10.1. The van der Waals surface area contributed by atoms with Gasteiger partial charge in [-0.2, -0.15) is 5.26 Å². The van der Waals surface area contributed by atoms with E-state index in [1.807, 2.05) is 36.4 Å². The predicted octanol–water partition coefficient (Wildman–Crippen LogP) is 3.51. The highest BCUT2D eigenvalue weighted by molar-refractivity contribution is 6.31. The van der Waals surface area contributed by atoms with E-state index in [-0.39, 0.29) is 0 Å². The standard InChI is InChI=1S/C15H13ClN2O/c16-15-7-12(8-17)1-4-13(15)10-19-9-11-2-5-14(18)6-3-11/h1-7H,9-10,18H2. The van der Waals surface area contributed by atoms with Crippen molar-refractivity contribution in [1.82, 2.24) is 0 Å². The van der Waals surface area contributed by atoms with Gasteiger partial charge in [-0.3, -0.25) is 0 Å². The minimum Gasteiger partial charge on any atom is -0.399 e. The van der Waals surface area contributed by atoms with E-state index in [4.69, 9.17) is 27.3 Å². The number of nitriles is 1. The molecule has 0 aliphatic rings. The summed E-state index contributed by atoms with van der Waals surface area (Å²) in [4.78, 5) is 0. The van der Waals surface area contributed by atoms with E-state index in [9.17, 15) is 0 Å². The summed E-state index contributed by atoms with van der Waals surface area (Å²) in [6, 6.07) is 14.8. The van der Waals surface area contributed by atoms with Gasteiger partial charge in [0.05, 0.1) is 24.8 Å². The maximum absolute atomic E-state index is 8.75. The maximum Gasteiger partial charge on any atom is 0.0992 e. The molecule has 96 valence electrons. The molecule has 0 bridgehead atoms. The fourth-order valence-electron chi connectivity index (χ4n) is 1.63. The van der Waals surface area contributed by atoms with Crippen molar-refractivity contribution >= 4 is 17.3 Å². The number of halogens is 1. The Morgan fingerprint density at radius 3 is 2.47 bits per heavy atom. The van der Waals surface area contributed by atoms with Crippen molar-refractivity contribution in [2.45, 2.75) is 13.2 Å². The van der Waals surface area contributed by atoms with Gasteiger partial charge < -0.3 is 10.5 Å². The van der Waals surface area contributed by atoms with Crippen LogP contribution in [0.1, 0.15) is 16.7 Å². The third kappa shape index (κ3) is 3.72. The first-order chi connectivity index (χ1) is 9.19. The highest BCUT2D eigenvalue weighted by atomic mass is 35.5. The Morgan fingerprint density at radius 2 is 1.84 bits per heavy atom. The Balaban J connectivity index is 1.92. The number of nitrogens with zero attached hydrogens (tertiary/aromatic N) is 1. The SMILES string of the molecule is N#Cc1ccc(COCc2ccc(N)cc2)c(Cl)c1. The number of hydrogen-bond acceptors (Lipinski definition) is 3. The van der Waals surface area contributed by atoms with Gasteiger partial charge in [0.25, 0.3) is 0 Å². The molecule has 0 aliphatic carbocycles. The van der Waals surface area contributed by atoms with Gasteiger partial charge in [0.1, 0.15) is 0 Å². The van der Waals surface area contributed by atoms with Gasteiger partial charge in [0, 0.05) is 10.7 Å². The smallest absolute Gasteiger partial charge is 0.0992 e. The molecule has 0 saturated heterocycles. The van der Waals surface area contributed by atoms with E-state index in [1.54, 1.807) is 12.1 Å². The van der Waals surface area contributed by atoms with E-state index in [0.29, 0.717) is 23.8 Å². The van der Waals surface area contributed by atoms with Crippen LogP contribution in [-0.4, -0.2) is 0 Å². The van der Waals surface area contributed by atoms with Gasteiger partial charge in [-0.05, 0) is 35.4 Å². The third-order valence-corrected chi connectivity index (χ3v) is 3.04. The fourth-order valence-corrected chi connectivity index (χ4v) is 1.86. The number of ether oxygens (including phenoxy) is 1. The average molecular weight is 273 g/mol. The van der Waals surface area contributed by atoms with Gasteiger partial charge in [0.2, 0.25) is 0 Å². The van der Waals surface area contributed by atoms with Gasteiger partial charge in [0.15, 0.2) is 0 Å². The second-order valence-electron chi connectivity index (χ2n) is 4.15. The number of anilines is 1. The van der Waals surface area contributed by atoms with Crippen LogP contribution in [0.5, 0.6) is 0 Å². The lowest BCUT2D eigenvalue weighted by molar-refractivity contribution is 0.107. The molecule has 0 saturated carbocycles. The molecule has 0 fully saturated rings. The summed E-state index contributed by atoms with van der Waals surface area (Å²) in [6.45, 7) is 0.908. The van der Waals surface area contributed by atoms with Crippen LogP contribution in [0.25, 0.3) is 0 Å². The topological polar surface area (TPSA) is 59.0 Å². The van der Waals surface area contributed by atoms with Gasteiger partial charge >= 0.3 is 0 Å². The van der Waals surface area contributed by atoms with Crippen molar-refractivity contribution < 1.29 is 4.74 Å². The summed E-state index contributed by atoms with van der Waals surface area (Å²) in [5.74, 6) is 0. The second kappa shape index (κ2) is 6.24. The van der Waals surface area contributed by atoms with Crippen LogP contribution in [0, 0.1) is 11.3 Å². The van der Waals surface area contributed by atoms with Crippen LogP contribution in [0.15, 0.2) is 42.5 Å². The first-order valence-corrected chi connectivity index (χ1v) is 6.17. The molecule has 0 aliphatic heterocycles. The molecule has 0 unspecified atom stereocenters. The average Bonchev–Trinajstić information content (AvgIpc) is 2.42. The van der Waals surface area contributed by atoms with Crippen molar-refractivity contribution in [1.29, 1.82) is 5.26 Å². The first-order valence-electron chi connectivity index (χ1n) is 5.80. The second-order valence-corrected chi connectivity index (χ2v) is 4.56. The summed E-state index contributed by atoms with van der Waals surface area (Å²) in [6.07, 6.45) is 0. The molecule has 2 aromatic rings. The Morgan fingerprint density at radius 1 is 1.11 bits per heavy atom. The monoisotopic (exact) mass is 272 g/mol. The fraction of sp³-hybridized carbons (Fsp3) is 0.133. The highest BCUT2D eigenvalue weighted by Crippen LogP contribution is 2.19. The minimum atomic E-state index is 0.412. The van der Waals surface area contributed by atoms with Crippen molar-refractivity contribution in [2.24, 2.45) is 0 Å². The predicted molar refractivity (Wildman–Crippen MR) is 75.5 cm³/mol. The molecule has 2 N–H and O–H groups in total. The number of nitrogens with two attached hydrogens (primary N) is 1. The molecule has 4 heteroatoms. The van der Waals surface area contributed by atoms with Gasteiger partial charge in [-0.1, -0.05) is 29.8 Å². The lowest BCUT2D eigenvalue weighted by Gasteiger charge is -2.07. The number of benzene rings is 2. The minimum absolute atomic E-state index is 0.412. The van der Waals surface area contributed by atoms with Gasteiger partial charge in [-0.25, -0.2) is 0 Å². The van der Waals surface area contributed by atoms with Crippen LogP contribution < -0.4 is 5.73 Å². The van der Waals surface area contributed by atoms with Crippen LogP contribution in [-0.2, 0) is 18.0 Å². The van der Waals surface area contributed by atoms with E-state index in [0.717, 1.165) is 16.8 Å². The van der Waals surface area contributed by atoms with Crippen molar-refractivity contribution in [3.05, 3.63) is 64.2 Å². The Bertz CT molecular complexity index is 603. The zero-order chi connectivity index (χ0) is 13.7. The van der Waals surface area contributed by atoms with E-state index in [2.05, 4.69) is 0 Å².